The molecule has 5 aromatic rings. The smallest absolute Gasteiger partial charge is 0.270 e. The number of rotatable bonds is 11. The highest BCUT2D eigenvalue weighted by atomic mass is 32.1. The molecule has 0 bridgehead atoms. The highest BCUT2D eigenvalue weighted by Crippen LogP contribution is 2.33. The van der Waals surface area contributed by atoms with Crippen molar-refractivity contribution in [2.75, 3.05) is 13.7 Å². The summed E-state index contributed by atoms with van der Waals surface area (Å²) >= 11 is 5.55. The second-order valence-electron chi connectivity index (χ2n) is 10.4. The molecule has 0 amide bonds. The maximum absolute atomic E-state index is 11.6. The highest BCUT2D eigenvalue weighted by Gasteiger charge is 2.18. The van der Waals surface area contributed by atoms with Crippen LogP contribution in [0.3, 0.4) is 0 Å². The van der Waals surface area contributed by atoms with Gasteiger partial charge in [0.25, 0.3) is 5.69 Å². The summed E-state index contributed by atoms with van der Waals surface area (Å²) in [5.41, 5.74) is 6.16. The normalized spacial score (nSPS) is 12.4. The molecule has 0 fully saturated rings. The minimum absolute atomic E-state index is 0.0469. The van der Waals surface area contributed by atoms with E-state index in [-0.39, 0.29) is 16.7 Å². The van der Waals surface area contributed by atoms with Gasteiger partial charge in [0, 0.05) is 65.1 Å². The third-order valence-electron chi connectivity index (χ3n) is 7.27. The zero-order valence-electron chi connectivity index (χ0n) is 24.6. The van der Waals surface area contributed by atoms with Gasteiger partial charge in [-0.25, -0.2) is 0 Å². The highest BCUT2D eigenvalue weighted by molar-refractivity contribution is 7.80. The first-order valence-corrected chi connectivity index (χ1v) is 14.5. The topological polar surface area (TPSA) is 88.1 Å². The number of nitrogens with zero attached hydrogens (tertiary/aromatic N) is 3. The van der Waals surface area contributed by atoms with Gasteiger partial charge < -0.3 is 18.9 Å². The van der Waals surface area contributed by atoms with E-state index in [9.17, 15) is 10.1 Å². The van der Waals surface area contributed by atoms with Crippen molar-refractivity contribution in [2.24, 2.45) is 5.16 Å². The Kier molecular flexibility index (Phi) is 9.13. The van der Waals surface area contributed by atoms with Crippen LogP contribution < -0.4 is 4.74 Å². The first-order valence-electron chi connectivity index (χ1n) is 14.1. The zero-order chi connectivity index (χ0) is 30.5. The van der Waals surface area contributed by atoms with E-state index in [0.29, 0.717) is 23.8 Å². The van der Waals surface area contributed by atoms with Crippen molar-refractivity contribution in [1.82, 2.24) is 4.57 Å². The number of nitro groups is 1. The van der Waals surface area contributed by atoms with Crippen molar-refractivity contribution >= 4 is 50.5 Å². The first kappa shape index (κ1) is 29.9. The van der Waals surface area contributed by atoms with E-state index in [0.717, 1.165) is 56.4 Å². The molecular weight excluding hydrogens is 562 g/mol. The number of aromatic nitrogens is 1. The fraction of sp³-hybridized carbons (Fsp3) is 0.235. The summed E-state index contributed by atoms with van der Waals surface area (Å²) in [4.78, 5) is 17.1. The van der Waals surface area contributed by atoms with Crippen LogP contribution >= 0.6 is 12.2 Å². The summed E-state index contributed by atoms with van der Waals surface area (Å²) in [5.74, 6) is 0.722. The largest absolute Gasteiger partial charge is 0.488 e. The maximum atomic E-state index is 11.6. The molecule has 1 unspecified atom stereocenters. The van der Waals surface area contributed by atoms with Gasteiger partial charge in [0.2, 0.25) is 5.05 Å². The lowest BCUT2D eigenvalue weighted by Crippen LogP contribution is -2.18. The maximum Gasteiger partial charge on any atom is 0.270 e. The first-order chi connectivity index (χ1) is 20.8. The summed E-state index contributed by atoms with van der Waals surface area (Å²) in [5, 5.41) is 18.2. The van der Waals surface area contributed by atoms with Gasteiger partial charge in [-0.05, 0) is 80.5 Å². The molecule has 0 saturated carbocycles. The Bertz CT molecular complexity index is 1830. The summed E-state index contributed by atoms with van der Waals surface area (Å²) in [6.45, 7) is 7.20. The number of fused-ring (bicyclic) bond motifs is 3. The summed E-state index contributed by atoms with van der Waals surface area (Å²) in [6.07, 6.45) is 0.340. The van der Waals surface area contributed by atoms with Crippen molar-refractivity contribution in [3.05, 3.63) is 117 Å². The van der Waals surface area contributed by atoms with E-state index in [2.05, 4.69) is 16.6 Å². The van der Waals surface area contributed by atoms with Crippen LogP contribution in [0.5, 0.6) is 5.75 Å². The number of methoxy groups -OCH3 is 1. The van der Waals surface area contributed by atoms with Crippen molar-refractivity contribution in [3.8, 4) is 5.75 Å². The fourth-order valence-electron chi connectivity index (χ4n) is 5.32. The fourth-order valence-corrected chi connectivity index (χ4v) is 5.52. The van der Waals surface area contributed by atoms with E-state index in [4.69, 9.17) is 26.5 Å². The molecule has 0 radical (unpaired) electrons. The zero-order valence-corrected chi connectivity index (χ0v) is 25.4. The van der Waals surface area contributed by atoms with Gasteiger partial charge in [-0.1, -0.05) is 41.6 Å². The number of ether oxygens (including phenoxy) is 2. The second-order valence-corrected chi connectivity index (χ2v) is 10.8. The van der Waals surface area contributed by atoms with Gasteiger partial charge in [0.15, 0.2) is 0 Å². The number of benzene rings is 4. The molecule has 8 nitrogen and oxygen atoms in total. The third-order valence-corrected chi connectivity index (χ3v) is 7.49. The van der Waals surface area contributed by atoms with Crippen molar-refractivity contribution < 1.29 is 19.2 Å². The summed E-state index contributed by atoms with van der Waals surface area (Å²) in [6, 6.07) is 26.7. The van der Waals surface area contributed by atoms with E-state index >= 15 is 0 Å². The minimum Gasteiger partial charge on any atom is -0.488 e. The molecule has 0 aliphatic carbocycles. The van der Waals surface area contributed by atoms with Gasteiger partial charge >= 0.3 is 0 Å². The monoisotopic (exact) mass is 595 g/mol. The van der Waals surface area contributed by atoms with Crippen LogP contribution in [0.1, 0.15) is 36.1 Å². The second kappa shape index (κ2) is 13.1. The molecule has 0 spiro atoms. The Balaban J connectivity index is 1.60. The van der Waals surface area contributed by atoms with Crippen LogP contribution in [0.15, 0.2) is 90.1 Å². The number of hydrogen-bond acceptors (Lipinski definition) is 7. The van der Waals surface area contributed by atoms with E-state index in [1.54, 1.807) is 19.2 Å². The predicted octanol–water partition coefficient (Wildman–Crippen LogP) is 7.78. The Morgan fingerprint density at radius 1 is 1.00 bits per heavy atom. The van der Waals surface area contributed by atoms with E-state index < -0.39 is 0 Å². The predicted molar refractivity (Wildman–Crippen MR) is 174 cm³/mol. The molecule has 43 heavy (non-hydrogen) atoms. The molecule has 1 heterocycles. The van der Waals surface area contributed by atoms with Gasteiger partial charge in [0.05, 0.1) is 11.5 Å². The van der Waals surface area contributed by atoms with Crippen molar-refractivity contribution in [2.45, 2.75) is 39.8 Å². The third kappa shape index (κ3) is 6.58. The lowest BCUT2D eigenvalue weighted by Gasteiger charge is -2.16. The summed E-state index contributed by atoms with van der Waals surface area (Å²) in [7, 11) is 1.64. The number of aryl methyl sites for hydroxylation is 2. The summed E-state index contributed by atoms with van der Waals surface area (Å²) < 4.78 is 13.4. The number of thiocarbonyl (C=S) groups is 1. The standard InChI is InChI=1S/C34H33N3O5S/c1-5-36-31-15-11-25(19-29(31)30-20-26(37(38)39)12-16-32(30)36)34(35-42-33(43)18-24-9-7-6-8-10-24)28-14-13-27(17-22(28)2)41-23(3)21-40-4/h6-17,19-20,23H,5,18,21H2,1-4H3/b35-34-. The molecular formula is C34H33N3O5S. The van der Waals surface area contributed by atoms with Crippen LogP contribution in [-0.4, -0.2) is 40.1 Å². The molecule has 0 aliphatic heterocycles. The van der Waals surface area contributed by atoms with Crippen molar-refractivity contribution in [1.29, 1.82) is 0 Å². The molecule has 220 valence electrons. The van der Waals surface area contributed by atoms with Crippen LogP contribution in [0.2, 0.25) is 0 Å². The Hall–Kier alpha value is -4.60. The number of non-ortho nitro benzene ring substituents is 1. The lowest BCUT2D eigenvalue weighted by atomic mass is 9.96. The van der Waals surface area contributed by atoms with Crippen molar-refractivity contribution in [3.63, 3.8) is 0 Å². The van der Waals surface area contributed by atoms with Gasteiger partial charge in [0.1, 0.15) is 17.6 Å². The Morgan fingerprint density at radius 2 is 1.72 bits per heavy atom. The van der Waals surface area contributed by atoms with Crippen LogP contribution in [0.4, 0.5) is 5.69 Å². The molecule has 0 N–H and O–H groups in total. The lowest BCUT2D eigenvalue weighted by molar-refractivity contribution is -0.384. The molecule has 5 rings (SSSR count). The molecule has 0 saturated heterocycles. The van der Waals surface area contributed by atoms with E-state index in [1.165, 1.54) is 0 Å². The number of oxime groups is 1. The average molecular weight is 596 g/mol. The van der Waals surface area contributed by atoms with Crippen LogP contribution in [0, 0.1) is 17.0 Å². The molecule has 1 atom stereocenters. The minimum atomic E-state index is -0.368. The SMILES string of the molecule is CCn1c2ccc(/C(=N/OC(=S)Cc3ccccc3)c3ccc(OC(C)COC)cc3C)cc2c2cc([N+](=O)[O-])ccc21. The van der Waals surface area contributed by atoms with Crippen LogP contribution in [-0.2, 0) is 22.5 Å². The van der Waals surface area contributed by atoms with Gasteiger partial charge in [-0.15, -0.1) is 0 Å². The molecule has 9 heteroatoms. The van der Waals surface area contributed by atoms with E-state index in [1.807, 2.05) is 86.6 Å². The number of hydrogen-bond donors (Lipinski definition) is 0. The Labute approximate surface area is 255 Å². The number of nitro benzene ring substituents is 1. The van der Waals surface area contributed by atoms with Crippen LogP contribution in [0.25, 0.3) is 21.8 Å². The molecule has 4 aromatic carbocycles. The van der Waals surface area contributed by atoms with Gasteiger partial charge in [-0.2, -0.15) is 0 Å². The Morgan fingerprint density at radius 3 is 2.40 bits per heavy atom. The van der Waals surface area contributed by atoms with Gasteiger partial charge in [-0.3, -0.25) is 10.1 Å². The average Bonchev–Trinajstić information content (AvgIpc) is 3.31. The molecule has 1 aromatic heterocycles. The molecule has 0 aliphatic rings. The quantitative estimate of drug-likeness (QED) is 0.0671.